The fourth-order valence-corrected chi connectivity index (χ4v) is 1.34. The van der Waals surface area contributed by atoms with Gasteiger partial charge in [-0.25, -0.2) is 0 Å². The summed E-state index contributed by atoms with van der Waals surface area (Å²) >= 11 is 0. The van der Waals surface area contributed by atoms with E-state index in [9.17, 15) is 0 Å². The van der Waals surface area contributed by atoms with Crippen LogP contribution in [0.5, 0.6) is 0 Å². The Morgan fingerprint density at radius 2 is 1.93 bits per heavy atom. The third-order valence-corrected chi connectivity index (χ3v) is 2.38. The van der Waals surface area contributed by atoms with E-state index in [2.05, 4.69) is 44.2 Å². The first kappa shape index (κ1) is 11.7. The lowest BCUT2D eigenvalue weighted by Gasteiger charge is -2.06. The highest BCUT2D eigenvalue weighted by Crippen LogP contribution is 2.08. The maximum atomic E-state index is 5.65. The SMILES string of the molecule is CC(C)C(=CC=Cc1ccccc1)CN. The molecule has 80 valence electrons. The molecule has 0 bridgehead atoms. The van der Waals surface area contributed by atoms with E-state index in [0.29, 0.717) is 12.5 Å². The van der Waals surface area contributed by atoms with Crippen molar-refractivity contribution in [3.63, 3.8) is 0 Å². The Morgan fingerprint density at radius 1 is 1.27 bits per heavy atom. The minimum Gasteiger partial charge on any atom is -0.327 e. The minimum atomic E-state index is 0.524. The van der Waals surface area contributed by atoms with E-state index in [1.807, 2.05) is 18.2 Å². The molecule has 0 aliphatic carbocycles. The van der Waals surface area contributed by atoms with E-state index in [1.165, 1.54) is 11.1 Å². The molecule has 1 rings (SSSR count). The Morgan fingerprint density at radius 3 is 2.47 bits per heavy atom. The molecule has 0 aliphatic heterocycles. The normalized spacial score (nSPS) is 12.7. The Labute approximate surface area is 92.3 Å². The minimum absolute atomic E-state index is 0.524. The number of hydrogen-bond acceptors (Lipinski definition) is 1. The number of allylic oxidation sites excluding steroid dienone is 2. The van der Waals surface area contributed by atoms with E-state index in [-0.39, 0.29) is 0 Å². The molecule has 1 nitrogen and oxygen atoms in total. The molecule has 0 aliphatic rings. The smallest absolute Gasteiger partial charge is 0.0142 e. The third-order valence-electron chi connectivity index (χ3n) is 2.38. The molecule has 0 amide bonds. The van der Waals surface area contributed by atoms with Gasteiger partial charge >= 0.3 is 0 Å². The zero-order valence-corrected chi connectivity index (χ0v) is 9.48. The molecule has 0 radical (unpaired) electrons. The van der Waals surface area contributed by atoms with Crippen molar-refractivity contribution in [1.82, 2.24) is 0 Å². The monoisotopic (exact) mass is 201 g/mol. The van der Waals surface area contributed by atoms with Crippen LogP contribution in [0, 0.1) is 5.92 Å². The highest BCUT2D eigenvalue weighted by Gasteiger charge is 1.97. The maximum Gasteiger partial charge on any atom is 0.0142 e. The molecule has 0 heterocycles. The van der Waals surface area contributed by atoms with Crippen molar-refractivity contribution in [3.05, 3.63) is 53.6 Å². The maximum absolute atomic E-state index is 5.65. The van der Waals surface area contributed by atoms with Gasteiger partial charge in [-0.2, -0.15) is 0 Å². The van der Waals surface area contributed by atoms with Crippen LogP contribution in [-0.4, -0.2) is 6.54 Å². The van der Waals surface area contributed by atoms with Gasteiger partial charge in [-0.05, 0) is 11.5 Å². The van der Waals surface area contributed by atoms with Gasteiger partial charge in [0.15, 0.2) is 0 Å². The Balaban J connectivity index is 2.66. The van der Waals surface area contributed by atoms with E-state index < -0.39 is 0 Å². The van der Waals surface area contributed by atoms with Gasteiger partial charge in [0, 0.05) is 6.54 Å². The second-order valence-electron chi connectivity index (χ2n) is 3.87. The zero-order chi connectivity index (χ0) is 11.1. The molecular formula is C14H19N. The van der Waals surface area contributed by atoms with Crippen LogP contribution in [0.15, 0.2) is 48.1 Å². The predicted molar refractivity (Wildman–Crippen MR) is 67.5 cm³/mol. The summed E-state index contributed by atoms with van der Waals surface area (Å²) in [5.41, 5.74) is 8.15. The first-order valence-electron chi connectivity index (χ1n) is 5.36. The fourth-order valence-electron chi connectivity index (χ4n) is 1.34. The number of nitrogens with two attached hydrogens (primary N) is 1. The zero-order valence-electron chi connectivity index (χ0n) is 9.48. The van der Waals surface area contributed by atoms with Crippen LogP contribution < -0.4 is 5.73 Å². The van der Waals surface area contributed by atoms with E-state index in [4.69, 9.17) is 5.73 Å². The highest BCUT2D eigenvalue weighted by molar-refractivity contribution is 5.51. The van der Waals surface area contributed by atoms with Crippen LogP contribution in [0.4, 0.5) is 0 Å². The molecule has 1 aromatic carbocycles. The Bertz CT molecular complexity index is 334. The Kier molecular flexibility index (Phi) is 4.85. The van der Waals surface area contributed by atoms with Gasteiger partial charge in [0.25, 0.3) is 0 Å². The van der Waals surface area contributed by atoms with Crippen molar-refractivity contribution in [3.8, 4) is 0 Å². The predicted octanol–water partition coefficient (Wildman–Crippen LogP) is 3.24. The largest absolute Gasteiger partial charge is 0.327 e. The second kappa shape index (κ2) is 6.20. The molecule has 2 N–H and O–H groups in total. The average Bonchev–Trinajstić information content (AvgIpc) is 2.25. The van der Waals surface area contributed by atoms with Crippen LogP contribution in [0.1, 0.15) is 19.4 Å². The topological polar surface area (TPSA) is 26.0 Å². The van der Waals surface area contributed by atoms with Crippen molar-refractivity contribution in [2.24, 2.45) is 11.7 Å². The molecule has 0 spiro atoms. The molecule has 1 heteroatoms. The quantitative estimate of drug-likeness (QED) is 0.743. The fraction of sp³-hybridized carbons (Fsp3) is 0.286. The van der Waals surface area contributed by atoms with Gasteiger partial charge < -0.3 is 5.73 Å². The van der Waals surface area contributed by atoms with E-state index in [1.54, 1.807) is 0 Å². The lowest BCUT2D eigenvalue weighted by molar-refractivity contribution is 0.746. The molecule has 0 aromatic heterocycles. The van der Waals surface area contributed by atoms with Crippen LogP contribution in [0.25, 0.3) is 6.08 Å². The molecule has 0 unspecified atom stereocenters. The van der Waals surface area contributed by atoms with Crippen LogP contribution in [0.2, 0.25) is 0 Å². The van der Waals surface area contributed by atoms with Crippen molar-refractivity contribution in [2.45, 2.75) is 13.8 Å². The van der Waals surface area contributed by atoms with Crippen molar-refractivity contribution >= 4 is 6.08 Å². The summed E-state index contributed by atoms with van der Waals surface area (Å²) in [4.78, 5) is 0. The van der Waals surface area contributed by atoms with Crippen molar-refractivity contribution < 1.29 is 0 Å². The lowest BCUT2D eigenvalue weighted by Crippen LogP contribution is -2.07. The summed E-state index contributed by atoms with van der Waals surface area (Å²) in [5, 5.41) is 0. The summed E-state index contributed by atoms with van der Waals surface area (Å²) < 4.78 is 0. The molecule has 0 saturated carbocycles. The van der Waals surface area contributed by atoms with Gasteiger partial charge in [0.1, 0.15) is 0 Å². The number of benzene rings is 1. The van der Waals surface area contributed by atoms with Crippen molar-refractivity contribution in [1.29, 1.82) is 0 Å². The molecular weight excluding hydrogens is 182 g/mol. The van der Waals surface area contributed by atoms with E-state index in [0.717, 1.165) is 0 Å². The summed E-state index contributed by atoms with van der Waals surface area (Å²) in [5.74, 6) is 0.524. The van der Waals surface area contributed by atoms with Crippen LogP contribution in [-0.2, 0) is 0 Å². The molecule has 0 atom stereocenters. The van der Waals surface area contributed by atoms with Crippen molar-refractivity contribution in [2.75, 3.05) is 6.54 Å². The summed E-state index contributed by atoms with van der Waals surface area (Å²) in [6.07, 6.45) is 6.27. The van der Waals surface area contributed by atoms with Gasteiger partial charge in [0.2, 0.25) is 0 Å². The summed E-state index contributed by atoms with van der Waals surface area (Å²) in [6.45, 7) is 4.96. The number of rotatable bonds is 4. The van der Waals surface area contributed by atoms with Gasteiger partial charge in [-0.3, -0.25) is 0 Å². The Hall–Kier alpha value is -1.34. The molecule has 0 saturated heterocycles. The van der Waals surface area contributed by atoms with Gasteiger partial charge in [-0.1, -0.05) is 68.0 Å². The lowest BCUT2D eigenvalue weighted by atomic mass is 10.0. The van der Waals surface area contributed by atoms with Crippen LogP contribution >= 0.6 is 0 Å². The third kappa shape index (κ3) is 4.13. The number of hydrogen-bond donors (Lipinski definition) is 1. The molecule has 1 aromatic rings. The summed E-state index contributed by atoms with van der Waals surface area (Å²) in [6, 6.07) is 10.3. The average molecular weight is 201 g/mol. The van der Waals surface area contributed by atoms with Gasteiger partial charge in [-0.15, -0.1) is 0 Å². The first-order chi connectivity index (χ1) is 7.24. The second-order valence-corrected chi connectivity index (χ2v) is 3.87. The summed E-state index contributed by atoms with van der Waals surface area (Å²) in [7, 11) is 0. The molecule has 0 fully saturated rings. The van der Waals surface area contributed by atoms with Crippen LogP contribution in [0.3, 0.4) is 0 Å². The van der Waals surface area contributed by atoms with E-state index >= 15 is 0 Å². The molecule has 15 heavy (non-hydrogen) atoms. The highest BCUT2D eigenvalue weighted by atomic mass is 14.5. The first-order valence-corrected chi connectivity index (χ1v) is 5.36. The van der Waals surface area contributed by atoms with Gasteiger partial charge in [0.05, 0.1) is 0 Å². The standard InChI is InChI=1S/C14H19N/c1-12(2)14(11-15)10-6-9-13-7-4-3-5-8-13/h3-10,12H,11,15H2,1-2H3.